The second-order valence-electron chi connectivity index (χ2n) is 9.15. The Bertz CT molecular complexity index is 991. The first kappa shape index (κ1) is 28.5. The number of aliphatic hydroxyl groups excluding tert-OH is 1. The molecule has 2 atom stereocenters. The van der Waals surface area contributed by atoms with Crippen LogP contribution in [0.1, 0.15) is 30.7 Å². The number of furan rings is 1. The number of hydrogen-bond donors (Lipinski definition) is 1. The lowest BCUT2D eigenvalue weighted by molar-refractivity contribution is -0.153. The number of aliphatic hydroxyl groups is 1. The Balaban J connectivity index is 1.49. The highest BCUT2D eigenvalue weighted by molar-refractivity contribution is 5.92. The number of nitrogens with zero attached hydrogens (tertiary/aromatic N) is 1. The molecule has 0 saturated carbocycles. The molecular weight excluding hydrogens is 494 g/mol. The van der Waals surface area contributed by atoms with Gasteiger partial charge in [0.15, 0.2) is 5.76 Å². The maximum Gasteiger partial charge on any atom is 0.288 e. The number of unbranched alkanes of at least 4 members (excludes halogenated alkanes) is 1. The van der Waals surface area contributed by atoms with Crippen molar-refractivity contribution < 1.29 is 42.7 Å². The summed E-state index contributed by atoms with van der Waals surface area (Å²) >= 11 is 0. The summed E-state index contributed by atoms with van der Waals surface area (Å²) in [6, 6.07) is 7.84. The quantitative estimate of drug-likeness (QED) is 0.538. The predicted molar refractivity (Wildman–Crippen MR) is 139 cm³/mol. The molecule has 0 aliphatic carbocycles. The highest BCUT2D eigenvalue weighted by Crippen LogP contribution is 2.36. The number of amides is 1. The number of hydrogen-bond acceptors (Lipinski definition) is 9. The summed E-state index contributed by atoms with van der Waals surface area (Å²) in [5, 5.41) is 10.1. The van der Waals surface area contributed by atoms with Crippen molar-refractivity contribution in [2.75, 3.05) is 79.2 Å². The van der Waals surface area contributed by atoms with Crippen molar-refractivity contribution >= 4 is 16.9 Å². The average Bonchev–Trinajstić information content (AvgIpc) is 3.37. The molecule has 2 aliphatic heterocycles. The van der Waals surface area contributed by atoms with Crippen LogP contribution < -0.4 is 0 Å². The molecule has 0 unspecified atom stereocenters. The number of rotatable bonds is 7. The van der Waals surface area contributed by atoms with E-state index in [9.17, 15) is 4.79 Å². The van der Waals surface area contributed by atoms with Crippen molar-refractivity contribution in [1.29, 1.82) is 0 Å². The van der Waals surface area contributed by atoms with E-state index >= 15 is 0 Å². The minimum Gasteiger partial charge on any atom is -0.464 e. The van der Waals surface area contributed by atoms with Gasteiger partial charge in [-0.2, -0.15) is 0 Å². The second-order valence-corrected chi connectivity index (χ2v) is 9.15. The van der Waals surface area contributed by atoms with Gasteiger partial charge in [-0.05, 0) is 25.0 Å². The molecule has 1 aromatic heterocycles. The van der Waals surface area contributed by atoms with Crippen LogP contribution in [-0.4, -0.2) is 101 Å². The van der Waals surface area contributed by atoms with Crippen LogP contribution in [0.2, 0.25) is 0 Å². The summed E-state index contributed by atoms with van der Waals surface area (Å²) in [6.45, 7) is 4.91. The summed E-state index contributed by atoms with van der Waals surface area (Å²) in [6.07, 6.45) is 4.92. The molecule has 1 aromatic carbocycles. The van der Waals surface area contributed by atoms with E-state index in [1.165, 1.54) is 0 Å². The summed E-state index contributed by atoms with van der Waals surface area (Å²) in [4.78, 5) is 15.4. The van der Waals surface area contributed by atoms with Crippen LogP contribution in [0.15, 0.2) is 46.8 Å². The predicted octanol–water partition coefficient (Wildman–Crippen LogP) is 2.84. The normalized spacial score (nSPS) is 22.8. The molecule has 1 amide bonds. The van der Waals surface area contributed by atoms with Crippen molar-refractivity contribution in [1.82, 2.24) is 4.90 Å². The van der Waals surface area contributed by atoms with E-state index in [4.69, 9.17) is 37.9 Å². The number of carbonyl (C=O) groups excluding carboxylic acids is 1. The molecule has 1 N–H and O–H groups in total. The third kappa shape index (κ3) is 8.52. The zero-order valence-corrected chi connectivity index (χ0v) is 21.9. The van der Waals surface area contributed by atoms with Crippen molar-refractivity contribution in [2.24, 2.45) is 0 Å². The van der Waals surface area contributed by atoms with E-state index in [1.807, 2.05) is 30.3 Å². The van der Waals surface area contributed by atoms with E-state index < -0.39 is 6.29 Å². The molecule has 210 valence electrons. The molecule has 2 aromatic rings. The van der Waals surface area contributed by atoms with Crippen LogP contribution in [0.5, 0.6) is 0 Å². The number of para-hydroxylation sites is 1. The zero-order valence-electron chi connectivity index (χ0n) is 21.9. The highest BCUT2D eigenvalue weighted by atomic mass is 16.7. The molecule has 2 aliphatic rings. The first-order valence-corrected chi connectivity index (χ1v) is 13.4. The van der Waals surface area contributed by atoms with E-state index in [0.29, 0.717) is 91.8 Å². The van der Waals surface area contributed by atoms with Gasteiger partial charge in [0.2, 0.25) is 6.29 Å². The van der Waals surface area contributed by atoms with Gasteiger partial charge in [-0.15, -0.1) is 0 Å². The molecule has 10 heteroatoms. The minimum absolute atomic E-state index is 0.111. The first-order valence-electron chi connectivity index (χ1n) is 13.4. The topological polar surface area (TPSA) is 109 Å². The van der Waals surface area contributed by atoms with Crippen molar-refractivity contribution in [3.8, 4) is 0 Å². The smallest absolute Gasteiger partial charge is 0.288 e. The SMILES string of the molecule is O=C(C1=C[C@H](c2coc3ccccc23)C[C@H](OCCCCO)O1)N1CCOCCOCCOCCOCC1. The summed E-state index contributed by atoms with van der Waals surface area (Å²) in [7, 11) is 0. The molecule has 1 saturated heterocycles. The lowest BCUT2D eigenvalue weighted by atomic mass is 9.92. The Morgan fingerprint density at radius 3 is 2.26 bits per heavy atom. The van der Waals surface area contributed by atoms with Gasteiger partial charge in [0.1, 0.15) is 5.58 Å². The summed E-state index contributed by atoms with van der Waals surface area (Å²) in [5.41, 5.74) is 1.78. The van der Waals surface area contributed by atoms with Gasteiger partial charge in [0, 0.05) is 43.0 Å². The van der Waals surface area contributed by atoms with Gasteiger partial charge in [-0.1, -0.05) is 18.2 Å². The summed E-state index contributed by atoms with van der Waals surface area (Å²) < 4.78 is 40.2. The van der Waals surface area contributed by atoms with Gasteiger partial charge in [0.25, 0.3) is 5.91 Å². The monoisotopic (exact) mass is 533 g/mol. The number of benzene rings is 1. The Kier molecular flexibility index (Phi) is 11.9. The Hall–Kier alpha value is -2.47. The number of allylic oxidation sites excluding steroid dienone is 1. The maximum absolute atomic E-state index is 13.7. The molecular formula is C28H39NO9. The Labute approximate surface area is 223 Å². The largest absolute Gasteiger partial charge is 0.464 e. The standard InChI is InChI=1S/C28H39NO9/c30-9-3-4-10-36-27-20-22(24-21-37-25-6-2-1-5-23(24)25)19-26(38-27)28(31)29-7-11-32-13-15-34-17-18-35-16-14-33-12-8-29/h1-2,5-6,19,21-22,27,30H,3-4,7-18,20H2/t22-,27+/m0/s1. The fourth-order valence-corrected chi connectivity index (χ4v) is 4.42. The van der Waals surface area contributed by atoms with Crippen molar-refractivity contribution in [3.05, 3.63) is 47.9 Å². The van der Waals surface area contributed by atoms with Gasteiger partial charge in [-0.3, -0.25) is 4.79 Å². The molecule has 38 heavy (non-hydrogen) atoms. The van der Waals surface area contributed by atoms with E-state index in [2.05, 4.69) is 0 Å². The van der Waals surface area contributed by atoms with Gasteiger partial charge in [-0.25, -0.2) is 0 Å². The Morgan fingerprint density at radius 1 is 0.921 bits per heavy atom. The molecule has 3 heterocycles. The minimum atomic E-state index is -0.596. The van der Waals surface area contributed by atoms with E-state index in [1.54, 1.807) is 11.2 Å². The van der Waals surface area contributed by atoms with Gasteiger partial charge < -0.3 is 42.8 Å². The molecule has 0 radical (unpaired) electrons. The second kappa shape index (κ2) is 15.8. The highest BCUT2D eigenvalue weighted by Gasteiger charge is 2.32. The Morgan fingerprint density at radius 2 is 1.58 bits per heavy atom. The van der Waals surface area contributed by atoms with E-state index in [-0.39, 0.29) is 24.2 Å². The maximum atomic E-state index is 13.7. The number of fused-ring (bicyclic) bond motifs is 1. The lowest BCUT2D eigenvalue weighted by Gasteiger charge is -2.31. The summed E-state index contributed by atoms with van der Waals surface area (Å²) in [5.74, 6) is -0.127. The van der Waals surface area contributed by atoms with Crippen LogP contribution in [-0.2, 0) is 33.2 Å². The van der Waals surface area contributed by atoms with Crippen LogP contribution in [0.3, 0.4) is 0 Å². The van der Waals surface area contributed by atoms with Gasteiger partial charge in [0.05, 0.1) is 65.7 Å². The average molecular weight is 534 g/mol. The molecule has 0 spiro atoms. The van der Waals surface area contributed by atoms with Crippen LogP contribution in [0, 0.1) is 0 Å². The third-order valence-electron chi connectivity index (χ3n) is 6.45. The number of ether oxygens (including phenoxy) is 6. The number of carbonyl (C=O) groups is 1. The molecule has 1 fully saturated rings. The fraction of sp³-hybridized carbons (Fsp3) is 0.607. The van der Waals surface area contributed by atoms with Crippen LogP contribution in [0.4, 0.5) is 0 Å². The fourth-order valence-electron chi connectivity index (χ4n) is 4.42. The molecule has 10 nitrogen and oxygen atoms in total. The van der Waals surface area contributed by atoms with Crippen molar-refractivity contribution in [2.45, 2.75) is 31.5 Å². The zero-order chi connectivity index (χ0) is 26.4. The van der Waals surface area contributed by atoms with Crippen LogP contribution >= 0.6 is 0 Å². The van der Waals surface area contributed by atoms with Gasteiger partial charge >= 0.3 is 0 Å². The van der Waals surface area contributed by atoms with Crippen molar-refractivity contribution in [3.63, 3.8) is 0 Å². The third-order valence-corrected chi connectivity index (χ3v) is 6.45. The van der Waals surface area contributed by atoms with Crippen LogP contribution in [0.25, 0.3) is 11.0 Å². The first-order chi connectivity index (χ1) is 18.8. The molecule has 4 rings (SSSR count). The van der Waals surface area contributed by atoms with E-state index in [0.717, 1.165) is 16.5 Å². The molecule has 0 bridgehead atoms. The lowest BCUT2D eigenvalue weighted by Crippen LogP contribution is -2.40.